The highest BCUT2D eigenvalue weighted by Crippen LogP contribution is 2.11. The van der Waals surface area contributed by atoms with Gasteiger partial charge in [-0.15, -0.1) is 0 Å². The molecule has 0 atom stereocenters. The molecule has 1 fully saturated rings. The number of quaternary nitrogens is 1. The molecular weight excluding hydrogens is 240 g/mol. The van der Waals surface area contributed by atoms with Crippen LogP contribution in [0.1, 0.15) is 24.0 Å². The summed E-state index contributed by atoms with van der Waals surface area (Å²) >= 11 is 0. The molecule has 0 aromatic heterocycles. The highest BCUT2D eigenvalue weighted by molar-refractivity contribution is 5.72. The number of carbonyl (C=O) groups is 1. The van der Waals surface area contributed by atoms with Crippen molar-refractivity contribution in [2.45, 2.75) is 19.4 Å². The molecule has 0 aliphatic carbocycles. The van der Waals surface area contributed by atoms with Crippen molar-refractivity contribution in [3.8, 4) is 6.07 Å². The molecule has 1 heterocycles. The van der Waals surface area contributed by atoms with Crippen molar-refractivity contribution >= 4 is 5.97 Å². The smallest absolute Gasteiger partial charge is 0.309 e. The predicted molar refractivity (Wildman–Crippen MR) is 70.3 cm³/mol. The van der Waals surface area contributed by atoms with Gasteiger partial charge < -0.3 is 9.64 Å². The Hall–Kier alpha value is -1.86. The second-order valence-corrected chi connectivity index (χ2v) is 5.04. The van der Waals surface area contributed by atoms with Crippen molar-refractivity contribution < 1.29 is 14.4 Å². The van der Waals surface area contributed by atoms with Gasteiger partial charge in [0.1, 0.15) is 6.54 Å². The van der Waals surface area contributed by atoms with Gasteiger partial charge in [-0.25, -0.2) is 0 Å². The number of rotatable bonds is 3. The third kappa shape index (κ3) is 3.55. The topological polar surface area (TPSA) is 54.5 Å². The van der Waals surface area contributed by atoms with E-state index in [1.165, 1.54) is 17.6 Å². The summed E-state index contributed by atoms with van der Waals surface area (Å²) in [5.41, 5.74) is 1.90. The second-order valence-electron chi connectivity index (χ2n) is 5.04. The van der Waals surface area contributed by atoms with Gasteiger partial charge in [-0.1, -0.05) is 12.1 Å². The molecule has 0 unspecified atom stereocenters. The fraction of sp³-hybridized carbons (Fsp3) is 0.467. The van der Waals surface area contributed by atoms with Crippen LogP contribution < -0.4 is 4.90 Å². The number of likely N-dealkylation sites (tertiary alicyclic amines) is 1. The van der Waals surface area contributed by atoms with Crippen molar-refractivity contribution in [2.75, 3.05) is 20.2 Å². The second kappa shape index (κ2) is 6.35. The lowest BCUT2D eigenvalue weighted by Crippen LogP contribution is -3.11. The minimum absolute atomic E-state index is 0.0687. The number of methoxy groups -OCH3 is 1. The fourth-order valence-corrected chi connectivity index (χ4v) is 2.64. The van der Waals surface area contributed by atoms with E-state index in [0.29, 0.717) is 5.56 Å². The lowest BCUT2D eigenvalue weighted by atomic mass is 9.96. The number of esters is 1. The molecule has 0 spiro atoms. The van der Waals surface area contributed by atoms with E-state index >= 15 is 0 Å². The number of benzene rings is 1. The van der Waals surface area contributed by atoms with Crippen LogP contribution in [0.4, 0.5) is 0 Å². The fourth-order valence-electron chi connectivity index (χ4n) is 2.64. The quantitative estimate of drug-likeness (QED) is 0.805. The Labute approximate surface area is 113 Å². The molecule has 1 N–H and O–H groups in total. The maximum absolute atomic E-state index is 11.4. The van der Waals surface area contributed by atoms with Gasteiger partial charge in [-0.3, -0.25) is 4.79 Å². The first-order chi connectivity index (χ1) is 9.22. The molecule has 1 aliphatic heterocycles. The summed E-state index contributed by atoms with van der Waals surface area (Å²) in [7, 11) is 1.45. The summed E-state index contributed by atoms with van der Waals surface area (Å²) in [5.74, 6) is -0.00952. The van der Waals surface area contributed by atoms with Crippen molar-refractivity contribution in [2.24, 2.45) is 5.92 Å². The summed E-state index contributed by atoms with van der Waals surface area (Å²) in [4.78, 5) is 12.9. The first kappa shape index (κ1) is 13.6. The van der Waals surface area contributed by atoms with Crippen LogP contribution >= 0.6 is 0 Å². The number of nitrogens with one attached hydrogen (secondary N) is 1. The molecule has 2 rings (SSSR count). The molecule has 19 heavy (non-hydrogen) atoms. The van der Waals surface area contributed by atoms with Gasteiger partial charge in [0.2, 0.25) is 0 Å². The maximum atomic E-state index is 11.4. The number of piperidine rings is 1. The number of ether oxygens (including phenoxy) is 1. The van der Waals surface area contributed by atoms with Crippen LogP contribution in [-0.4, -0.2) is 26.2 Å². The van der Waals surface area contributed by atoms with Crippen LogP contribution in [0.15, 0.2) is 24.3 Å². The van der Waals surface area contributed by atoms with Crippen LogP contribution in [0.25, 0.3) is 0 Å². The van der Waals surface area contributed by atoms with Crippen LogP contribution in [0.3, 0.4) is 0 Å². The SMILES string of the molecule is COC(=O)C1CC[NH+](Cc2cccc(C#N)c2)CC1. The summed E-state index contributed by atoms with van der Waals surface area (Å²) in [5, 5.41) is 8.88. The van der Waals surface area contributed by atoms with Crippen molar-refractivity contribution in [3.05, 3.63) is 35.4 Å². The minimum atomic E-state index is -0.0782. The first-order valence-corrected chi connectivity index (χ1v) is 6.63. The van der Waals surface area contributed by atoms with E-state index in [0.717, 1.165) is 32.5 Å². The molecular formula is C15H19N2O2+. The molecule has 1 aliphatic rings. The summed E-state index contributed by atoms with van der Waals surface area (Å²) in [6.07, 6.45) is 1.78. The Bertz CT molecular complexity index is 485. The average molecular weight is 259 g/mol. The third-order valence-electron chi connectivity index (χ3n) is 3.74. The highest BCUT2D eigenvalue weighted by Gasteiger charge is 2.27. The Morgan fingerprint density at radius 3 is 2.84 bits per heavy atom. The van der Waals surface area contributed by atoms with Crippen molar-refractivity contribution in [3.63, 3.8) is 0 Å². The number of nitrogens with zero attached hydrogens (tertiary/aromatic N) is 1. The van der Waals surface area contributed by atoms with Crippen LogP contribution in [0, 0.1) is 17.2 Å². The monoisotopic (exact) mass is 259 g/mol. The van der Waals surface area contributed by atoms with Gasteiger partial charge in [0.25, 0.3) is 0 Å². The predicted octanol–water partition coefficient (Wildman–Crippen LogP) is 0.526. The summed E-state index contributed by atoms with van der Waals surface area (Å²) in [6.45, 7) is 2.89. The minimum Gasteiger partial charge on any atom is -0.469 e. The Balaban J connectivity index is 1.89. The van der Waals surface area contributed by atoms with E-state index in [-0.39, 0.29) is 11.9 Å². The van der Waals surface area contributed by atoms with Gasteiger partial charge in [-0.2, -0.15) is 5.26 Å². The molecule has 100 valence electrons. The summed E-state index contributed by atoms with van der Waals surface area (Å²) < 4.78 is 4.79. The Morgan fingerprint density at radius 2 is 2.21 bits per heavy atom. The molecule has 0 radical (unpaired) electrons. The maximum Gasteiger partial charge on any atom is 0.309 e. The van der Waals surface area contributed by atoms with E-state index in [2.05, 4.69) is 12.1 Å². The number of carbonyl (C=O) groups excluding carboxylic acids is 1. The zero-order valence-electron chi connectivity index (χ0n) is 11.2. The standard InChI is InChI=1S/C15H18N2O2/c1-19-15(18)14-5-7-17(8-6-14)11-13-4-2-3-12(9-13)10-16/h2-4,9,14H,5-8,11H2,1H3/p+1. The molecule has 0 bridgehead atoms. The first-order valence-electron chi connectivity index (χ1n) is 6.63. The molecule has 1 saturated heterocycles. The van der Waals surface area contributed by atoms with Crippen molar-refractivity contribution in [1.82, 2.24) is 0 Å². The molecule has 1 aromatic carbocycles. The Morgan fingerprint density at radius 1 is 1.47 bits per heavy atom. The van der Waals surface area contributed by atoms with Crippen molar-refractivity contribution in [1.29, 1.82) is 5.26 Å². The lowest BCUT2D eigenvalue weighted by Gasteiger charge is -2.27. The Kier molecular flexibility index (Phi) is 4.53. The third-order valence-corrected chi connectivity index (χ3v) is 3.74. The van der Waals surface area contributed by atoms with Gasteiger partial charge >= 0.3 is 5.97 Å². The number of hydrogen-bond acceptors (Lipinski definition) is 3. The molecule has 4 nitrogen and oxygen atoms in total. The molecule has 0 amide bonds. The van der Waals surface area contributed by atoms with Crippen LogP contribution in [-0.2, 0) is 16.1 Å². The molecule has 0 saturated carbocycles. The van der Waals surface area contributed by atoms with E-state index < -0.39 is 0 Å². The number of nitriles is 1. The van der Waals surface area contributed by atoms with E-state index in [1.807, 2.05) is 18.2 Å². The van der Waals surface area contributed by atoms with E-state index in [9.17, 15) is 4.79 Å². The van der Waals surface area contributed by atoms with E-state index in [4.69, 9.17) is 10.00 Å². The number of hydrogen-bond donors (Lipinski definition) is 1. The molecule has 1 aromatic rings. The van der Waals surface area contributed by atoms with Crippen LogP contribution in [0.5, 0.6) is 0 Å². The van der Waals surface area contributed by atoms with Gasteiger partial charge in [0.15, 0.2) is 0 Å². The van der Waals surface area contributed by atoms with E-state index in [1.54, 1.807) is 0 Å². The van der Waals surface area contributed by atoms with Gasteiger partial charge in [0.05, 0.1) is 37.7 Å². The summed E-state index contributed by atoms with van der Waals surface area (Å²) in [6, 6.07) is 9.91. The lowest BCUT2D eigenvalue weighted by molar-refractivity contribution is -0.919. The average Bonchev–Trinajstić information content (AvgIpc) is 2.47. The highest BCUT2D eigenvalue weighted by atomic mass is 16.5. The normalized spacial score (nSPS) is 22.5. The van der Waals surface area contributed by atoms with Gasteiger partial charge in [0, 0.05) is 18.4 Å². The largest absolute Gasteiger partial charge is 0.469 e. The van der Waals surface area contributed by atoms with Crippen LogP contribution in [0.2, 0.25) is 0 Å². The van der Waals surface area contributed by atoms with Gasteiger partial charge in [-0.05, 0) is 12.1 Å². The molecule has 4 heteroatoms. The zero-order chi connectivity index (χ0) is 13.7. The zero-order valence-corrected chi connectivity index (χ0v) is 11.2.